The van der Waals surface area contributed by atoms with Gasteiger partial charge in [0.25, 0.3) is 5.69 Å². The maximum Gasteiger partial charge on any atom is 0.269 e. The van der Waals surface area contributed by atoms with E-state index in [9.17, 15) is 29.3 Å². The van der Waals surface area contributed by atoms with Gasteiger partial charge < -0.3 is 21.7 Å². The van der Waals surface area contributed by atoms with E-state index >= 15 is 0 Å². The summed E-state index contributed by atoms with van der Waals surface area (Å²) >= 11 is 0. The number of non-ortho nitro benzene ring substituents is 1. The molecule has 25 heavy (non-hydrogen) atoms. The lowest BCUT2D eigenvalue weighted by Gasteiger charge is -2.17. The molecule has 0 fully saturated rings. The highest BCUT2D eigenvalue weighted by molar-refractivity contribution is 6.00. The van der Waals surface area contributed by atoms with Crippen LogP contribution in [-0.4, -0.2) is 41.1 Å². The molecule has 1 atom stereocenters. The normalized spacial score (nSPS) is 11.1. The van der Waals surface area contributed by atoms with Crippen molar-refractivity contribution in [1.29, 1.82) is 0 Å². The van der Waals surface area contributed by atoms with Crippen molar-refractivity contribution >= 4 is 35.0 Å². The SMILES string of the molecule is CC(=O)NCC(=O)N[C@@H](CC(N)=O)C(=O)Nc1ccc([N+](=O)[O-])cc1. The first-order chi connectivity index (χ1) is 11.7. The molecule has 0 aromatic heterocycles. The van der Waals surface area contributed by atoms with Gasteiger partial charge in [-0.25, -0.2) is 0 Å². The average molecular weight is 351 g/mol. The van der Waals surface area contributed by atoms with Gasteiger partial charge in [0.1, 0.15) is 6.04 Å². The van der Waals surface area contributed by atoms with E-state index in [2.05, 4.69) is 16.0 Å². The van der Waals surface area contributed by atoms with Gasteiger partial charge in [0.2, 0.25) is 23.6 Å². The van der Waals surface area contributed by atoms with Crippen molar-refractivity contribution < 1.29 is 24.1 Å². The average Bonchev–Trinajstić information content (AvgIpc) is 2.52. The van der Waals surface area contributed by atoms with Crippen molar-refractivity contribution in [2.45, 2.75) is 19.4 Å². The van der Waals surface area contributed by atoms with Gasteiger partial charge in [-0.3, -0.25) is 29.3 Å². The van der Waals surface area contributed by atoms with Gasteiger partial charge in [0.05, 0.1) is 17.9 Å². The first kappa shape index (κ1) is 19.5. The molecule has 11 heteroatoms. The molecule has 134 valence electrons. The zero-order chi connectivity index (χ0) is 19.0. The van der Waals surface area contributed by atoms with Gasteiger partial charge in [-0.1, -0.05) is 0 Å². The fourth-order valence-electron chi connectivity index (χ4n) is 1.76. The van der Waals surface area contributed by atoms with Gasteiger partial charge in [0, 0.05) is 24.7 Å². The molecule has 0 saturated carbocycles. The third kappa shape index (κ3) is 7.07. The van der Waals surface area contributed by atoms with E-state index in [1.165, 1.54) is 31.2 Å². The van der Waals surface area contributed by atoms with E-state index in [0.717, 1.165) is 0 Å². The molecule has 0 heterocycles. The van der Waals surface area contributed by atoms with Crippen LogP contribution in [0, 0.1) is 10.1 Å². The molecule has 0 spiro atoms. The number of benzene rings is 1. The summed E-state index contributed by atoms with van der Waals surface area (Å²) in [4.78, 5) is 55.7. The van der Waals surface area contributed by atoms with Gasteiger partial charge >= 0.3 is 0 Å². The number of carbonyl (C=O) groups excluding carboxylic acids is 4. The van der Waals surface area contributed by atoms with E-state index in [1.54, 1.807) is 0 Å². The molecule has 0 aliphatic carbocycles. The number of rotatable bonds is 8. The molecule has 0 aliphatic rings. The molecule has 5 N–H and O–H groups in total. The first-order valence-corrected chi connectivity index (χ1v) is 7.06. The molecular weight excluding hydrogens is 334 g/mol. The Kier molecular flexibility index (Phi) is 7.00. The Morgan fingerprint density at radius 2 is 1.80 bits per heavy atom. The number of nitro groups is 1. The predicted octanol–water partition coefficient (Wildman–Crippen LogP) is -0.970. The lowest BCUT2D eigenvalue weighted by Crippen LogP contribution is -2.48. The van der Waals surface area contributed by atoms with E-state index in [4.69, 9.17) is 5.73 Å². The number of nitrogens with one attached hydrogen (secondary N) is 3. The van der Waals surface area contributed by atoms with E-state index in [-0.39, 0.29) is 17.9 Å². The smallest absolute Gasteiger partial charge is 0.269 e. The molecule has 1 aromatic carbocycles. The Bertz CT molecular complexity index is 687. The second-order valence-electron chi connectivity index (χ2n) is 4.99. The number of primary amides is 1. The van der Waals surface area contributed by atoms with E-state index < -0.39 is 41.0 Å². The van der Waals surface area contributed by atoms with Crippen molar-refractivity contribution in [3.8, 4) is 0 Å². The van der Waals surface area contributed by atoms with E-state index in [1.807, 2.05) is 0 Å². The Labute approximate surface area is 142 Å². The minimum atomic E-state index is -1.26. The molecule has 1 rings (SSSR count). The van der Waals surface area contributed by atoms with Gasteiger partial charge in [-0.05, 0) is 12.1 Å². The second-order valence-corrected chi connectivity index (χ2v) is 4.99. The zero-order valence-electron chi connectivity index (χ0n) is 13.3. The van der Waals surface area contributed by atoms with Crippen LogP contribution >= 0.6 is 0 Å². The summed E-state index contributed by atoms with van der Waals surface area (Å²) in [5.74, 6) is -2.66. The van der Waals surface area contributed by atoms with Crippen LogP contribution in [-0.2, 0) is 19.2 Å². The van der Waals surface area contributed by atoms with E-state index in [0.29, 0.717) is 0 Å². The van der Waals surface area contributed by atoms with Crippen LogP contribution in [0.3, 0.4) is 0 Å². The number of nitrogens with two attached hydrogens (primary N) is 1. The van der Waals surface area contributed by atoms with Crippen LogP contribution in [0.25, 0.3) is 0 Å². The standard InChI is InChI=1S/C14H17N5O6/c1-8(20)16-7-13(22)18-11(6-12(15)21)14(23)17-9-2-4-10(5-3-9)19(24)25/h2-5,11H,6-7H2,1H3,(H2,15,21)(H,16,20)(H,17,23)(H,18,22)/t11-/m0/s1. The van der Waals surface area contributed by atoms with Gasteiger partial charge in [0.15, 0.2) is 0 Å². The summed E-state index contributed by atoms with van der Waals surface area (Å²) in [6.07, 6.45) is -0.454. The number of hydrogen-bond donors (Lipinski definition) is 4. The topological polar surface area (TPSA) is 174 Å². The first-order valence-electron chi connectivity index (χ1n) is 7.06. The van der Waals surface area contributed by atoms with Crippen molar-refractivity contribution in [3.05, 3.63) is 34.4 Å². The molecule has 0 unspecified atom stereocenters. The molecule has 1 aromatic rings. The highest BCUT2D eigenvalue weighted by atomic mass is 16.6. The predicted molar refractivity (Wildman–Crippen MR) is 86.2 cm³/mol. The Morgan fingerprint density at radius 3 is 2.28 bits per heavy atom. The fourth-order valence-corrected chi connectivity index (χ4v) is 1.76. The fraction of sp³-hybridized carbons (Fsp3) is 0.286. The van der Waals surface area contributed by atoms with Crippen molar-refractivity contribution in [2.75, 3.05) is 11.9 Å². The van der Waals surface area contributed by atoms with Crippen LogP contribution < -0.4 is 21.7 Å². The largest absolute Gasteiger partial charge is 0.370 e. The molecular formula is C14H17N5O6. The molecule has 0 bridgehead atoms. The number of carbonyl (C=O) groups is 4. The number of anilines is 1. The summed E-state index contributed by atoms with van der Waals surface area (Å²) in [6.45, 7) is 0.852. The molecule has 4 amide bonds. The monoisotopic (exact) mass is 351 g/mol. The Balaban J connectivity index is 2.75. The lowest BCUT2D eigenvalue weighted by molar-refractivity contribution is -0.384. The molecule has 0 saturated heterocycles. The quantitative estimate of drug-likeness (QED) is 0.346. The van der Waals surface area contributed by atoms with Crippen molar-refractivity contribution in [2.24, 2.45) is 5.73 Å². The van der Waals surface area contributed by atoms with Gasteiger partial charge in [-0.2, -0.15) is 0 Å². The highest BCUT2D eigenvalue weighted by Crippen LogP contribution is 2.15. The minimum Gasteiger partial charge on any atom is -0.370 e. The van der Waals surface area contributed by atoms with Crippen LogP contribution in [0.2, 0.25) is 0 Å². The Hall–Kier alpha value is -3.50. The minimum absolute atomic E-state index is 0.157. The molecule has 0 aliphatic heterocycles. The van der Waals surface area contributed by atoms with Gasteiger partial charge in [-0.15, -0.1) is 0 Å². The summed E-state index contributed by atoms with van der Waals surface area (Å²) in [5.41, 5.74) is 5.14. The maximum absolute atomic E-state index is 12.2. The zero-order valence-corrected chi connectivity index (χ0v) is 13.3. The summed E-state index contributed by atoms with van der Waals surface area (Å²) in [7, 11) is 0. The van der Waals surface area contributed by atoms with Crippen molar-refractivity contribution in [3.63, 3.8) is 0 Å². The van der Waals surface area contributed by atoms with Crippen LogP contribution in [0.4, 0.5) is 11.4 Å². The lowest BCUT2D eigenvalue weighted by atomic mass is 10.1. The number of hydrogen-bond acceptors (Lipinski definition) is 6. The van der Waals surface area contributed by atoms with Crippen LogP contribution in [0.1, 0.15) is 13.3 Å². The summed E-state index contributed by atoms with van der Waals surface area (Å²) in [5, 5.41) is 17.5. The number of amides is 4. The molecule has 11 nitrogen and oxygen atoms in total. The summed E-state index contributed by atoms with van der Waals surface area (Å²) < 4.78 is 0. The van der Waals surface area contributed by atoms with Crippen LogP contribution in [0.5, 0.6) is 0 Å². The molecule has 0 radical (unpaired) electrons. The maximum atomic E-state index is 12.2. The summed E-state index contributed by atoms with van der Waals surface area (Å²) in [6, 6.07) is 3.73. The third-order valence-corrected chi connectivity index (χ3v) is 2.90. The number of nitro benzene ring substituents is 1. The highest BCUT2D eigenvalue weighted by Gasteiger charge is 2.23. The number of nitrogens with zero attached hydrogens (tertiary/aromatic N) is 1. The third-order valence-electron chi connectivity index (χ3n) is 2.90. The van der Waals surface area contributed by atoms with Crippen molar-refractivity contribution in [1.82, 2.24) is 10.6 Å². The Morgan fingerprint density at radius 1 is 1.20 bits per heavy atom. The second kappa shape index (κ2) is 8.96. The van der Waals surface area contributed by atoms with Crippen LogP contribution in [0.15, 0.2) is 24.3 Å².